The number of hydrogen-bond donors (Lipinski definition) is 8. The minimum atomic E-state index is -1.90. The van der Waals surface area contributed by atoms with E-state index in [9.17, 15) is 45.6 Å². The summed E-state index contributed by atoms with van der Waals surface area (Å²) in [5.74, 6) is -1.32. The molecule has 0 amide bonds. The third-order valence-corrected chi connectivity index (χ3v) is 8.04. The normalized spacial score (nSPS) is 36.6. The fourth-order valence-corrected chi connectivity index (χ4v) is 5.42. The lowest BCUT2D eigenvalue weighted by Gasteiger charge is -2.44. The summed E-state index contributed by atoms with van der Waals surface area (Å²) in [6.07, 6.45) is -18.7. The van der Waals surface area contributed by atoms with E-state index in [1.165, 1.54) is 51.5 Å². The molecule has 16 nitrogen and oxygen atoms in total. The fraction of sp³-hybridized carbons (Fsp3) is 0.552. The molecule has 12 unspecified atom stereocenters. The molecule has 12 atom stereocenters. The Labute approximate surface area is 256 Å². The van der Waals surface area contributed by atoms with Crippen LogP contribution >= 0.6 is 0 Å². The van der Waals surface area contributed by atoms with Crippen LogP contribution in [0.4, 0.5) is 0 Å². The summed E-state index contributed by atoms with van der Waals surface area (Å²) in [6.45, 7) is 0.886. The molecular formula is C29H36O16. The zero-order chi connectivity index (χ0) is 32.7. The monoisotopic (exact) mass is 640 g/mol. The molecule has 8 N–H and O–H groups in total. The van der Waals surface area contributed by atoms with Crippen molar-refractivity contribution < 1.29 is 78.8 Å². The summed E-state index contributed by atoms with van der Waals surface area (Å²) < 4.78 is 38.8. The van der Waals surface area contributed by atoms with Crippen molar-refractivity contribution in [3.63, 3.8) is 0 Å². The summed E-state index contributed by atoms with van der Waals surface area (Å²) in [5.41, 5.74) is -0.0393. The third kappa shape index (κ3) is 6.26. The van der Waals surface area contributed by atoms with Crippen LogP contribution in [0, 0.1) is 0 Å². The van der Waals surface area contributed by atoms with Gasteiger partial charge in [0, 0.05) is 12.1 Å². The number of ketones is 1. The van der Waals surface area contributed by atoms with Crippen molar-refractivity contribution in [2.45, 2.75) is 80.5 Å². The number of aliphatic hydroxyl groups is 6. The molecule has 16 heteroatoms. The zero-order valence-corrected chi connectivity index (χ0v) is 24.4. The number of Topliss-reactive ketones (excluding diaryl/α,β-unsaturated/α-hetero) is 1. The number of fused-ring (bicyclic) bond motifs is 1. The first kappa shape index (κ1) is 33.1. The van der Waals surface area contributed by atoms with E-state index < -0.39 is 91.8 Å². The van der Waals surface area contributed by atoms with Crippen molar-refractivity contribution in [2.24, 2.45) is 0 Å². The highest BCUT2D eigenvalue weighted by Crippen LogP contribution is 2.45. The zero-order valence-electron chi connectivity index (χ0n) is 24.4. The number of aromatic hydroxyl groups is 2. The maximum absolute atomic E-state index is 13.8. The van der Waals surface area contributed by atoms with Gasteiger partial charge in [-0.15, -0.1) is 0 Å². The van der Waals surface area contributed by atoms with Crippen molar-refractivity contribution in [1.29, 1.82) is 0 Å². The number of ether oxygens (including phenoxy) is 7. The van der Waals surface area contributed by atoms with Gasteiger partial charge in [0.1, 0.15) is 65.5 Å². The molecule has 3 aliphatic rings. The quantitative estimate of drug-likeness (QED) is 0.163. The van der Waals surface area contributed by atoms with E-state index >= 15 is 0 Å². The predicted molar refractivity (Wildman–Crippen MR) is 147 cm³/mol. The van der Waals surface area contributed by atoms with Gasteiger partial charge in [-0.3, -0.25) is 4.79 Å². The largest absolute Gasteiger partial charge is 0.507 e. The van der Waals surface area contributed by atoms with Crippen LogP contribution in [0.15, 0.2) is 30.3 Å². The van der Waals surface area contributed by atoms with E-state index in [2.05, 4.69) is 0 Å². The van der Waals surface area contributed by atoms with Crippen molar-refractivity contribution >= 4 is 5.78 Å². The first-order valence-electron chi connectivity index (χ1n) is 14.0. The van der Waals surface area contributed by atoms with Gasteiger partial charge in [-0.25, -0.2) is 0 Å². The summed E-state index contributed by atoms with van der Waals surface area (Å²) >= 11 is 0. The van der Waals surface area contributed by atoms with Crippen molar-refractivity contribution in [3.05, 3.63) is 41.5 Å². The second-order valence-corrected chi connectivity index (χ2v) is 10.9. The number of methoxy groups -OCH3 is 2. The van der Waals surface area contributed by atoms with Crippen LogP contribution in [-0.4, -0.2) is 135 Å². The molecule has 0 saturated carbocycles. The lowest BCUT2D eigenvalue weighted by Crippen LogP contribution is -2.62. The summed E-state index contributed by atoms with van der Waals surface area (Å²) in [6, 6.07) is 6.75. The first-order valence-corrected chi connectivity index (χ1v) is 14.0. The Morgan fingerprint density at radius 2 is 1.47 bits per heavy atom. The third-order valence-electron chi connectivity index (χ3n) is 8.04. The Kier molecular flexibility index (Phi) is 9.71. The fourth-order valence-electron chi connectivity index (χ4n) is 5.42. The second-order valence-electron chi connectivity index (χ2n) is 10.9. The maximum atomic E-state index is 13.8. The Morgan fingerprint density at radius 1 is 0.778 bits per heavy atom. The van der Waals surface area contributed by atoms with E-state index in [1.807, 2.05) is 0 Å². The number of carbonyl (C=O) groups is 1. The average Bonchev–Trinajstić information content (AvgIpc) is 3.02. The van der Waals surface area contributed by atoms with Gasteiger partial charge in [0.2, 0.25) is 5.78 Å². The maximum Gasteiger partial charge on any atom is 0.203 e. The highest BCUT2D eigenvalue weighted by molar-refractivity contribution is 6.05. The molecule has 0 aromatic heterocycles. The molecule has 3 aliphatic heterocycles. The molecule has 0 spiro atoms. The van der Waals surface area contributed by atoms with Crippen LogP contribution in [0.5, 0.6) is 28.7 Å². The van der Waals surface area contributed by atoms with Crippen LogP contribution in [0.25, 0.3) is 0 Å². The van der Waals surface area contributed by atoms with E-state index in [4.69, 9.17) is 33.2 Å². The lowest BCUT2D eigenvalue weighted by atomic mass is 9.92. The van der Waals surface area contributed by atoms with Crippen LogP contribution in [0.2, 0.25) is 0 Å². The highest BCUT2D eigenvalue weighted by atomic mass is 16.7. The summed E-state index contributed by atoms with van der Waals surface area (Å²) in [4.78, 5) is 13.8. The average molecular weight is 641 g/mol. The second kappa shape index (κ2) is 13.2. The molecule has 2 aromatic carbocycles. The minimum absolute atomic E-state index is 0.0589. The Bertz CT molecular complexity index is 1370. The Hall–Kier alpha value is -3.29. The highest BCUT2D eigenvalue weighted by Gasteiger charge is 2.50. The van der Waals surface area contributed by atoms with Crippen molar-refractivity contribution in [3.8, 4) is 28.7 Å². The molecule has 3 heterocycles. The summed E-state index contributed by atoms with van der Waals surface area (Å²) in [5, 5.41) is 83.3. The van der Waals surface area contributed by atoms with Crippen LogP contribution < -0.4 is 14.2 Å². The minimum Gasteiger partial charge on any atom is -0.507 e. The smallest absolute Gasteiger partial charge is 0.203 e. The van der Waals surface area contributed by atoms with Crippen LogP contribution in [0.1, 0.15) is 28.9 Å². The van der Waals surface area contributed by atoms with Gasteiger partial charge in [0.25, 0.3) is 0 Å². The molecule has 0 bridgehead atoms. The molecule has 2 saturated heterocycles. The van der Waals surface area contributed by atoms with E-state index in [-0.39, 0.29) is 34.1 Å². The molecular weight excluding hydrogens is 604 g/mol. The number of hydrogen-bond acceptors (Lipinski definition) is 16. The molecule has 2 fully saturated rings. The molecule has 45 heavy (non-hydrogen) atoms. The standard InChI is InChI=1S/C29H36O16/c1-10-19(32)22(35)24(37)28(42-10)41-9-17-20(33)23(36)25(38)29(44-17)45-27-21(34)18-14(31)7-12(39-2)8-16(18)43-26(27)11-4-5-15(40-3)13(30)6-11/h4-8,10,17,19-20,22-33,35-38H,9H2,1-3H3. The first-order chi connectivity index (χ1) is 21.4. The summed E-state index contributed by atoms with van der Waals surface area (Å²) in [7, 11) is 2.70. The molecule has 5 rings (SSSR count). The van der Waals surface area contributed by atoms with Crippen molar-refractivity contribution in [1.82, 2.24) is 0 Å². The molecule has 0 aliphatic carbocycles. The predicted octanol–water partition coefficient (Wildman–Crippen LogP) is -1.53. The Balaban J connectivity index is 1.41. The topological polar surface area (TPSA) is 244 Å². The van der Waals surface area contributed by atoms with Gasteiger partial charge in [-0.1, -0.05) is 6.07 Å². The lowest BCUT2D eigenvalue weighted by molar-refractivity contribution is -0.333. The van der Waals surface area contributed by atoms with Gasteiger partial charge >= 0.3 is 0 Å². The van der Waals surface area contributed by atoms with Gasteiger partial charge in [0.05, 0.1) is 26.9 Å². The van der Waals surface area contributed by atoms with Crippen LogP contribution in [0.3, 0.4) is 0 Å². The van der Waals surface area contributed by atoms with Gasteiger partial charge in [-0.2, -0.15) is 0 Å². The SMILES string of the molecule is COc1cc(O)c2c(c1)OC(c1ccc(OC)c(O)c1)C(OC1OC(COC3OC(C)C(O)C(O)C3O)C(O)C(O)C1O)C2=O. The van der Waals surface area contributed by atoms with Gasteiger partial charge in [-0.05, 0) is 24.6 Å². The molecule has 248 valence electrons. The number of phenolic OH excluding ortho intramolecular Hbond substituents is 2. The Morgan fingerprint density at radius 3 is 2.13 bits per heavy atom. The molecule has 2 aromatic rings. The number of benzene rings is 2. The van der Waals surface area contributed by atoms with Gasteiger partial charge in [0.15, 0.2) is 36.3 Å². The number of carbonyl (C=O) groups excluding carboxylic acids is 1. The van der Waals surface area contributed by atoms with Crippen LogP contribution in [-0.2, 0) is 18.9 Å². The van der Waals surface area contributed by atoms with E-state index in [1.54, 1.807) is 0 Å². The number of aliphatic hydroxyl groups excluding tert-OH is 6. The molecule has 0 radical (unpaired) electrons. The van der Waals surface area contributed by atoms with Gasteiger partial charge < -0.3 is 74.0 Å². The van der Waals surface area contributed by atoms with E-state index in [0.717, 1.165) is 0 Å². The van der Waals surface area contributed by atoms with E-state index in [0.29, 0.717) is 0 Å². The number of phenols is 2. The van der Waals surface area contributed by atoms with Crippen molar-refractivity contribution in [2.75, 3.05) is 20.8 Å². The number of rotatable bonds is 8.